The van der Waals surface area contributed by atoms with Gasteiger partial charge >= 0.3 is 0 Å². The molecule has 1 N–H and O–H groups in total. The van der Waals surface area contributed by atoms with Crippen LogP contribution in [0.3, 0.4) is 0 Å². The second-order valence-corrected chi connectivity index (χ2v) is 6.00. The molecule has 0 saturated heterocycles. The second kappa shape index (κ2) is 7.04. The van der Waals surface area contributed by atoms with Gasteiger partial charge in [0.05, 0.1) is 0 Å². The Morgan fingerprint density at radius 2 is 1.84 bits per heavy atom. The van der Waals surface area contributed by atoms with E-state index < -0.39 is 0 Å². The maximum Gasteiger partial charge on any atom is 0.123 e. The van der Waals surface area contributed by atoms with Crippen molar-refractivity contribution in [3.05, 3.63) is 35.1 Å². The van der Waals surface area contributed by atoms with Crippen molar-refractivity contribution in [2.75, 3.05) is 7.05 Å². The van der Waals surface area contributed by atoms with Crippen molar-refractivity contribution in [2.45, 2.75) is 57.9 Å². The van der Waals surface area contributed by atoms with Gasteiger partial charge in [-0.25, -0.2) is 4.39 Å². The fourth-order valence-electron chi connectivity index (χ4n) is 3.32. The van der Waals surface area contributed by atoms with Crippen LogP contribution in [-0.4, -0.2) is 7.05 Å². The van der Waals surface area contributed by atoms with Crippen molar-refractivity contribution in [3.63, 3.8) is 0 Å². The van der Waals surface area contributed by atoms with E-state index in [1.807, 2.05) is 14.0 Å². The van der Waals surface area contributed by atoms with E-state index in [1.165, 1.54) is 38.5 Å². The van der Waals surface area contributed by atoms with Gasteiger partial charge in [-0.1, -0.05) is 44.6 Å². The largest absolute Gasteiger partial charge is 0.313 e. The maximum absolute atomic E-state index is 13.5. The molecule has 0 aromatic heterocycles. The van der Waals surface area contributed by atoms with Crippen molar-refractivity contribution < 1.29 is 4.39 Å². The number of rotatable bonds is 4. The third-order valence-corrected chi connectivity index (χ3v) is 4.36. The topological polar surface area (TPSA) is 12.0 Å². The summed E-state index contributed by atoms with van der Waals surface area (Å²) in [6.07, 6.45) is 9.32. The molecular formula is C17H26FN. The molecule has 0 aliphatic heterocycles. The van der Waals surface area contributed by atoms with Gasteiger partial charge in [-0.2, -0.15) is 0 Å². The van der Waals surface area contributed by atoms with Crippen LogP contribution in [0.15, 0.2) is 18.2 Å². The van der Waals surface area contributed by atoms with Crippen LogP contribution in [0.4, 0.5) is 4.39 Å². The highest BCUT2D eigenvalue weighted by Crippen LogP contribution is 2.31. The lowest BCUT2D eigenvalue weighted by atomic mass is 9.89. The molecular weight excluding hydrogens is 237 g/mol. The number of hydrogen-bond donors (Lipinski definition) is 1. The molecule has 1 fully saturated rings. The van der Waals surface area contributed by atoms with E-state index in [0.29, 0.717) is 0 Å². The predicted octanol–water partition coefficient (Wildman–Crippen LogP) is 4.76. The molecule has 0 radical (unpaired) electrons. The van der Waals surface area contributed by atoms with Gasteiger partial charge in [0.2, 0.25) is 0 Å². The normalized spacial score (nSPS) is 19.1. The number of hydrogen-bond acceptors (Lipinski definition) is 1. The maximum atomic E-state index is 13.5. The summed E-state index contributed by atoms with van der Waals surface area (Å²) in [4.78, 5) is 0. The number of nitrogens with one attached hydrogen (secondary N) is 1. The van der Waals surface area contributed by atoms with Crippen molar-refractivity contribution in [2.24, 2.45) is 5.92 Å². The zero-order valence-electron chi connectivity index (χ0n) is 12.2. The van der Waals surface area contributed by atoms with Gasteiger partial charge in [0.25, 0.3) is 0 Å². The zero-order chi connectivity index (χ0) is 13.7. The first kappa shape index (κ1) is 14.5. The van der Waals surface area contributed by atoms with Crippen LogP contribution >= 0.6 is 0 Å². The van der Waals surface area contributed by atoms with Crippen LogP contribution in [0.25, 0.3) is 0 Å². The van der Waals surface area contributed by atoms with Crippen LogP contribution < -0.4 is 5.32 Å². The van der Waals surface area contributed by atoms with Crippen molar-refractivity contribution in [1.82, 2.24) is 5.32 Å². The molecule has 1 atom stereocenters. The first-order chi connectivity index (χ1) is 9.19. The summed E-state index contributed by atoms with van der Waals surface area (Å²) in [5, 5.41) is 3.37. The lowest BCUT2D eigenvalue weighted by Gasteiger charge is -2.23. The Morgan fingerprint density at radius 3 is 2.42 bits per heavy atom. The molecule has 1 aromatic carbocycles. The third-order valence-electron chi connectivity index (χ3n) is 4.36. The average molecular weight is 263 g/mol. The lowest BCUT2D eigenvalue weighted by molar-refractivity contribution is 0.367. The standard InChI is InChI=1S/C17H26FN/c1-13-9-15(12-16(18)10-13)17(19-2)11-14-7-5-3-4-6-8-14/h9-10,12,14,17,19H,3-8,11H2,1-2H3. The molecule has 19 heavy (non-hydrogen) atoms. The van der Waals surface area contributed by atoms with Crippen molar-refractivity contribution >= 4 is 0 Å². The zero-order valence-corrected chi connectivity index (χ0v) is 12.2. The number of aryl methyl sites for hydroxylation is 1. The molecule has 1 aliphatic carbocycles. The Kier molecular flexibility index (Phi) is 5.38. The molecule has 1 unspecified atom stereocenters. The summed E-state index contributed by atoms with van der Waals surface area (Å²) < 4.78 is 13.5. The average Bonchev–Trinajstić information content (AvgIpc) is 2.63. The number of benzene rings is 1. The minimum absolute atomic E-state index is 0.115. The summed E-state index contributed by atoms with van der Waals surface area (Å²) in [5.74, 6) is 0.680. The highest BCUT2D eigenvalue weighted by Gasteiger charge is 2.19. The van der Waals surface area contributed by atoms with E-state index >= 15 is 0 Å². The Balaban J connectivity index is 2.05. The van der Waals surface area contributed by atoms with Gasteiger partial charge in [0, 0.05) is 6.04 Å². The Morgan fingerprint density at radius 1 is 1.16 bits per heavy atom. The van der Waals surface area contributed by atoms with Crippen molar-refractivity contribution in [3.8, 4) is 0 Å². The highest BCUT2D eigenvalue weighted by molar-refractivity contribution is 5.26. The molecule has 1 aromatic rings. The molecule has 0 heterocycles. The molecule has 1 nitrogen and oxygen atoms in total. The van der Waals surface area contributed by atoms with Gasteiger partial charge in [0.1, 0.15) is 5.82 Å². The molecule has 0 spiro atoms. The minimum Gasteiger partial charge on any atom is -0.313 e. The van der Waals surface area contributed by atoms with Gasteiger partial charge in [-0.3, -0.25) is 0 Å². The molecule has 1 aliphatic rings. The first-order valence-electron chi connectivity index (χ1n) is 7.63. The van der Waals surface area contributed by atoms with E-state index in [4.69, 9.17) is 0 Å². The summed E-state index contributed by atoms with van der Waals surface area (Å²) >= 11 is 0. The van der Waals surface area contributed by atoms with Gasteiger partial charge in [-0.15, -0.1) is 0 Å². The van der Waals surface area contributed by atoms with E-state index in [-0.39, 0.29) is 11.9 Å². The molecule has 2 rings (SSSR count). The first-order valence-corrected chi connectivity index (χ1v) is 7.63. The fourth-order valence-corrected chi connectivity index (χ4v) is 3.32. The molecule has 0 bridgehead atoms. The lowest BCUT2D eigenvalue weighted by Crippen LogP contribution is -2.20. The summed E-state index contributed by atoms with van der Waals surface area (Å²) in [6.45, 7) is 1.96. The van der Waals surface area contributed by atoms with Crippen LogP contribution in [-0.2, 0) is 0 Å². The molecule has 106 valence electrons. The van der Waals surface area contributed by atoms with Crippen molar-refractivity contribution in [1.29, 1.82) is 0 Å². The van der Waals surface area contributed by atoms with E-state index in [2.05, 4.69) is 11.4 Å². The van der Waals surface area contributed by atoms with Crippen LogP contribution in [0.5, 0.6) is 0 Å². The van der Waals surface area contributed by atoms with E-state index in [1.54, 1.807) is 12.1 Å². The molecule has 1 saturated carbocycles. The highest BCUT2D eigenvalue weighted by atomic mass is 19.1. The van der Waals surface area contributed by atoms with Crippen LogP contribution in [0, 0.1) is 18.7 Å². The SMILES string of the molecule is CNC(CC1CCCCCC1)c1cc(C)cc(F)c1. The summed E-state index contributed by atoms with van der Waals surface area (Å²) in [5.41, 5.74) is 2.11. The minimum atomic E-state index is -0.115. The Hall–Kier alpha value is -0.890. The van der Waals surface area contributed by atoms with Crippen LogP contribution in [0.1, 0.15) is 62.1 Å². The third kappa shape index (κ3) is 4.31. The summed E-state index contributed by atoms with van der Waals surface area (Å²) in [6, 6.07) is 5.69. The fraction of sp³-hybridized carbons (Fsp3) is 0.647. The Bertz CT molecular complexity index is 374. The van der Waals surface area contributed by atoms with E-state index in [0.717, 1.165) is 23.5 Å². The quantitative estimate of drug-likeness (QED) is 0.773. The molecule has 0 amide bonds. The summed E-state index contributed by atoms with van der Waals surface area (Å²) in [7, 11) is 1.99. The Labute approximate surface area is 116 Å². The van der Waals surface area contributed by atoms with Gasteiger partial charge < -0.3 is 5.32 Å². The second-order valence-electron chi connectivity index (χ2n) is 6.00. The van der Waals surface area contributed by atoms with Crippen LogP contribution in [0.2, 0.25) is 0 Å². The number of halogens is 1. The molecule has 2 heteroatoms. The smallest absolute Gasteiger partial charge is 0.123 e. The van der Waals surface area contributed by atoms with E-state index in [9.17, 15) is 4.39 Å². The predicted molar refractivity (Wildman–Crippen MR) is 78.7 cm³/mol. The van der Waals surface area contributed by atoms with Gasteiger partial charge in [-0.05, 0) is 49.6 Å². The monoisotopic (exact) mass is 263 g/mol. The van der Waals surface area contributed by atoms with Gasteiger partial charge in [0.15, 0.2) is 0 Å².